The van der Waals surface area contributed by atoms with Gasteiger partial charge in [-0.05, 0) is 30.3 Å². The van der Waals surface area contributed by atoms with E-state index >= 15 is 0 Å². The molecular weight excluding hydrogens is 368 g/mol. The number of halogens is 1. The van der Waals surface area contributed by atoms with Crippen LogP contribution in [0.3, 0.4) is 0 Å². The molecule has 0 aliphatic carbocycles. The van der Waals surface area contributed by atoms with Crippen LogP contribution in [-0.2, 0) is 4.79 Å². The number of nitrogens with one attached hydrogen (secondary N) is 1. The van der Waals surface area contributed by atoms with E-state index in [-0.39, 0.29) is 22.4 Å². The molecular formula is C16H13ClN2O5S. The van der Waals surface area contributed by atoms with Crippen LogP contribution in [0.5, 0.6) is 11.5 Å². The first-order chi connectivity index (χ1) is 12.0. The van der Waals surface area contributed by atoms with Gasteiger partial charge in [0.1, 0.15) is 18.2 Å². The van der Waals surface area contributed by atoms with Gasteiger partial charge in [0.15, 0.2) is 11.5 Å². The number of hydrogen-bond acceptors (Lipinski definition) is 6. The molecule has 25 heavy (non-hydrogen) atoms. The number of amides is 1. The molecule has 0 radical (unpaired) electrons. The number of anilines is 1. The first-order valence-corrected chi connectivity index (χ1v) is 8.65. The number of ether oxygens (including phenoxy) is 2. The fourth-order valence-corrected chi connectivity index (χ4v) is 3.10. The molecule has 0 bridgehead atoms. The Morgan fingerprint density at radius 1 is 1.20 bits per heavy atom. The van der Waals surface area contributed by atoms with Gasteiger partial charge < -0.3 is 14.8 Å². The molecule has 0 fully saturated rings. The summed E-state index contributed by atoms with van der Waals surface area (Å²) < 4.78 is 10.9. The quantitative estimate of drug-likeness (QED) is 0.482. The Balaban J connectivity index is 1.60. The zero-order valence-corrected chi connectivity index (χ0v) is 14.4. The Kier molecular flexibility index (Phi) is 5.30. The topological polar surface area (TPSA) is 90.7 Å². The maximum absolute atomic E-state index is 12.0. The molecule has 1 amide bonds. The van der Waals surface area contributed by atoms with Crippen molar-refractivity contribution in [3.05, 3.63) is 51.5 Å². The molecule has 0 aromatic heterocycles. The predicted octanol–water partition coefficient (Wildman–Crippen LogP) is 3.75. The fourth-order valence-electron chi connectivity index (χ4n) is 2.19. The van der Waals surface area contributed by atoms with Gasteiger partial charge in [-0.3, -0.25) is 14.9 Å². The van der Waals surface area contributed by atoms with Crippen molar-refractivity contribution in [1.29, 1.82) is 0 Å². The van der Waals surface area contributed by atoms with E-state index in [1.807, 2.05) is 12.1 Å². The molecule has 0 atom stereocenters. The third-order valence-corrected chi connectivity index (χ3v) is 4.62. The van der Waals surface area contributed by atoms with Gasteiger partial charge in [-0.25, -0.2) is 0 Å². The first-order valence-electron chi connectivity index (χ1n) is 7.29. The third-order valence-electron chi connectivity index (χ3n) is 3.31. The van der Waals surface area contributed by atoms with Crippen molar-refractivity contribution >= 4 is 40.6 Å². The number of carbonyl (C=O) groups excluding carboxylic acids is 1. The van der Waals surface area contributed by atoms with Crippen LogP contribution in [0.4, 0.5) is 11.4 Å². The lowest BCUT2D eigenvalue weighted by atomic mass is 10.3. The lowest BCUT2D eigenvalue weighted by Crippen LogP contribution is -2.15. The average molecular weight is 381 g/mol. The van der Waals surface area contributed by atoms with Gasteiger partial charge in [-0.2, -0.15) is 0 Å². The van der Waals surface area contributed by atoms with Crippen LogP contribution >= 0.6 is 23.4 Å². The standard InChI is InChI=1S/C16H13ClN2O5S/c17-12-3-1-10(7-13(12)19(21)22)18-16(20)9-25-11-2-4-14-15(8-11)24-6-5-23-14/h1-4,7-8H,5-6,9H2,(H,18,20). The number of hydrogen-bond donors (Lipinski definition) is 1. The van der Waals surface area contributed by atoms with Crippen LogP contribution in [0, 0.1) is 10.1 Å². The molecule has 130 valence electrons. The number of fused-ring (bicyclic) bond motifs is 1. The number of nitro benzene ring substituents is 1. The average Bonchev–Trinajstić information content (AvgIpc) is 2.61. The summed E-state index contributed by atoms with van der Waals surface area (Å²) in [6.07, 6.45) is 0. The van der Waals surface area contributed by atoms with E-state index in [9.17, 15) is 14.9 Å². The second kappa shape index (κ2) is 7.62. The predicted molar refractivity (Wildman–Crippen MR) is 94.9 cm³/mol. The van der Waals surface area contributed by atoms with E-state index in [4.69, 9.17) is 21.1 Å². The first kappa shape index (κ1) is 17.4. The van der Waals surface area contributed by atoms with E-state index in [1.54, 1.807) is 6.07 Å². The van der Waals surface area contributed by atoms with Gasteiger partial charge in [0.25, 0.3) is 5.69 Å². The van der Waals surface area contributed by atoms with Crippen molar-refractivity contribution in [2.24, 2.45) is 0 Å². The molecule has 3 rings (SSSR count). The summed E-state index contributed by atoms with van der Waals surface area (Å²) in [6, 6.07) is 9.59. The Bertz CT molecular complexity index is 830. The van der Waals surface area contributed by atoms with Gasteiger partial charge in [0.2, 0.25) is 5.91 Å². The van der Waals surface area contributed by atoms with Gasteiger partial charge >= 0.3 is 0 Å². The molecule has 7 nitrogen and oxygen atoms in total. The lowest BCUT2D eigenvalue weighted by Gasteiger charge is -2.18. The lowest BCUT2D eigenvalue weighted by molar-refractivity contribution is -0.384. The van der Waals surface area contributed by atoms with Crippen LogP contribution in [0.1, 0.15) is 0 Å². The number of nitrogens with zero attached hydrogens (tertiary/aromatic N) is 1. The highest BCUT2D eigenvalue weighted by Crippen LogP contribution is 2.34. The minimum atomic E-state index is -0.595. The second-order valence-corrected chi connectivity index (χ2v) is 6.52. The van der Waals surface area contributed by atoms with Crippen LogP contribution < -0.4 is 14.8 Å². The van der Waals surface area contributed by atoms with Gasteiger partial charge in [0, 0.05) is 16.6 Å². The largest absolute Gasteiger partial charge is 0.486 e. The molecule has 1 aliphatic rings. The Hall–Kier alpha value is -2.45. The fraction of sp³-hybridized carbons (Fsp3) is 0.188. The summed E-state index contributed by atoms with van der Waals surface area (Å²) in [5, 5.41) is 13.5. The zero-order chi connectivity index (χ0) is 17.8. The van der Waals surface area contributed by atoms with E-state index < -0.39 is 4.92 Å². The minimum absolute atomic E-state index is 0.0219. The summed E-state index contributed by atoms with van der Waals surface area (Å²) in [7, 11) is 0. The number of rotatable bonds is 5. The highest BCUT2D eigenvalue weighted by molar-refractivity contribution is 8.00. The second-order valence-electron chi connectivity index (χ2n) is 5.07. The molecule has 9 heteroatoms. The zero-order valence-electron chi connectivity index (χ0n) is 12.9. The van der Waals surface area contributed by atoms with Crippen LogP contribution in [0.25, 0.3) is 0 Å². The van der Waals surface area contributed by atoms with Crippen molar-refractivity contribution in [2.75, 3.05) is 24.3 Å². The summed E-state index contributed by atoms with van der Waals surface area (Å²) in [5.41, 5.74) is 0.0721. The summed E-state index contributed by atoms with van der Waals surface area (Å²) >= 11 is 7.07. The van der Waals surface area contributed by atoms with Crippen molar-refractivity contribution in [1.82, 2.24) is 0 Å². The number of nitro groups is 1. The number of benzene rings is 2. The molecule has 0 saturated heterocycles. The molecule has 1 aliphatic heterocycles. The van der Waals surface area contributed by atoms with E-state index in [0.717, 1.165) is 4.90 Å². The highest BCUT2D eigenvalue weighted by Gasteiger charge is 2.15. The van der Waals surface area contributed by atoms with E-state index in [1.165, 1.54) is 30.0 Å². The smallest absolute Gasteiger partial charge is 0.289 e. The number of thioether (sulfide) groups is 1. The summed E-state index contributed by atoms with van der Waals surface area (Å²) in [6.45, 7) is 1.02. The molecule has 0 spiro atoms. The Labute approximate surface area is 152 Å². The SMILES string of the molecule is O=C(CSc1ccc2c(c1)OCCO2)Nc1ccc(Cl)c([N+](=O)[O-])c1. The molecule has 0 saturated carbocycles. The van der Waals surface area contributed by atoms with Crippen LogP contribution in [0.2, 0.25) is 5.02 Å². The third kappa shape index (κ3) is 4.34. The minimum Gasteiger partial charge on any atom is -0.486 e. The van der Waals surface area contributed by atoms with Crippen molar-refractivity contribution in [2.45, 2.75) is 4.90 Å². The van der Waals surface area contributed by atoms with Gasteiger partial charge in [-0.1, -0.05) is 11.6 Å². The monoisotopic (exact) mass is 380 g/mol. The van der Waals surface area contributed by atoms with Crippen molar-refractivity contribution in [3.63, 3.8) is 0 Å². The molecule has 2 aromatic carbocycles. The van der Waals surface area contributed by atoms with Crippen molar-refractivity contribution < 1.29 is 19.2 Å². The van der Waals surface area contributed by atoms with E-state index in [2.05, 4.69) is 5.32 Å². The Morgan fingerprint density at radius 3 is 2.72 bits per heavy atom. The summed E-state index contributed by atoms with van der Waals surface area (Å²) in [5.74, 6) is 1.21. The maximum Gasteiger partial charge on any atom is 0.289 e. The molecule has 2 aromatic rings. The Morgan fingerprint density at radius 2 is 1.96 bits per heavy atom. The van der Waals surface area contributed by atoms with Gasteiger partial charge in [-0.15, -0.1) is 11.8 Å². The highest BCUT2D eigenvalue weighted by atomic mass is 35.5. The van der Waals surface area contributed by atoms with Crippen LogP contribution in [-0.4, -0.2) is 29.8 Å². The normalized spacial score (nSPS) is 12.5. The number of carbonyl (C=O) groups is 1. The van der Waals surface area contributed by atoms with Gasteiger partial charge in [0.05, 0.1) is 10.7 Å². The van der Waals surface area contributed by atoms with Crippen LogP contribution in [0.15, 0.2) is 41.3 Å². The molecule has 1 N–H and O–H groups in total. The van der Waals surface area contributed by atoms with Crippen molar-refractivity contribution in [3.8, 4) is 11.5 Å². The maximum atomic E-state index is 12.0. The van der Waals surface area contributed by atoms with E-state index in [0.29, 0.717) is 30.4 Å². The summed E-state index contributed by atoms with van der Waals surface area (Å²) in [4.78, 5) is 23.2. The molecule has 0 unspecified atom stereocenters. The molecule has 1 heterocycles.